The topological polar surface area (TPSA) is 112 Å². The van der Waals surface area contributed by atoms with Crippen molar-refractivity contribution >= 4 is 29.7 Å². The van der Waals surface area contributed by atoms with Gasteiger partial charge in [-0.3, -0.25) is 14.4 Å². The van der Waals surface area contributed by atoms with E-state index in [4.69, 9.17) is 15.3 Å². The molecule has 0 saturated heterocycles. The van der Waals surface area contributed by atoms with Crippen LogP contribution < -0.4 is 0 Å². The predicted molar refractivity (Wildman–Crippen MR) is 53.0 cm³/mol. The summed E-state index contributed by atoms with van der Waals surface area (Å²) >= 11 is 0.654. The first kappa shape index (κ1) is 13.8. The maximum atomic E-state index is 10.6. The highest BCUT2D eigenvalue weighted by atomic mass is 32.2. The molecular formula is C8H12O6S. The molecule has 86 valence electrons. The third-order valence-corrected chi connectivity index (χ3v) is 3.17. The summed E-state index contributed by atoms with van der Waals surface area (Å²) in [5.41, 5.74) is 0. The molecule has 7 heteroatoms. The second-order valence-electron chi connectivity index (χ2n) is 2.80. The number of carboxylic acid groups (broad SMARTS) is 3. The van der Waals surface area contributed by atoms with Crippen LogP contribution in [0.3, 0.4) is 0 Å². The molecule has 0 aromatic rings. The third kappa shape index (κ3) is 5.26. The largest absolute Gasteiger partial charge is 0.481 e. The SMILES string of the molecule is CCC(SC(CC(=O)O)C(=O)O)C(=O)O. The maximum absolute atomic E-state index is 10.6. The van der Waals surface area contributed by atoms with Gasteiger partial charge in [0.2, 0.25) is 0 Å². The van der Waals surface area contributed by atoms with Gasteiger partial charge in [-0.25, -0.2) is 0 Å². The molecule has 0 aliphatic heterocycles. The Balaban J connectivity index is 4.45. The minimum atomic E-state index is -1.30. The standard InChI is InChI=1S/C8H12O6S/c1-2-4(7(11)12)15-5(8(13)14)3-6(9)10/h4-5H,2-3H2,1H3,(H,9,10)(H,11,12)(H,13,14). The van der Waals surface area contributed by atoms with Crippen molar-refractivity contribution in [3.8, 4) is 0 Å². The van der Waals surface area contributed by atoms with Crippen molar-refractivity contribution in [2.24, 2.45) is 0 Å². The lowest BCUT2D eigenvalue weighted by atomic mass is 10.3. The number of carboxylic acids is 3. The number of thioether (sulfide) groups is 1. The third-order valence-electron chi connectivity index (χ3n) is 1.61. The first-order chi connectivity index (χ1) is 6.88. The van der Waals surface area contributed by atoms with Crippen LogP contribution in [0.15, 0.2) is 0 Å². The Morgan fingerprint density at radius 2 is 1.53 bits per heavy atom. The zero-order valence-corrected chi connectivity index (χ0v) is 8.86. The average Bonchev–Trinajstić information content (AvgIpc) is 2.10. The molecule has 0 rings (SSSR count). The number of hydrogen-bond acceptors (Lipinski definition) is 4. The summed E-state index contributed by atoms with van der Waals surface area (Å²) in [5, 5.41) is 23.7. The van der Waals surface area contributed by atoms with E-state index < -0.39 is 34.8 Å². The molecule has 2 atom stereocenters. The summed E-state index contributed by atoms with van der Waals surface area (Å²) in [6.07, 6.45) is -0.326. The van der Waals surface area contributed by atoms with Crippen molar-refractivity contribution in [1.29, 1.82) is 0 Å². The molecule has 0 aromatic heterocycles. The van der Waals surface area contributed by atoms with Crippen LogP contribution >= 0.6 is 11.8 Å². The molecular weight excluding hydrogens is 224 g/mol. The van der Waals surface area contributed by atoms with Crippen molar-refractivity contribution in [3.63, 3.8) is 0 Å². The van der Waals surface area contributed by atoms with Gasteiger partial charge in [0.1, 0.15) is 10.5 Å². The van der Waals surface area contributed by atoms with E-state index in [2.05, 4.69) is 0 Å². The number of hydrogen-bond donors (Lipinski definition) is 3. The van der Waals surface area contributed by atoms with Crippen LogP contribution in [-0.4, -0.2) is 43.7 Å². The van der Waals surface area contributed by atoms with Crippen molar-refractivity contribution < 1.29 is 29.7 Å². The van der Waals surface area contributed by atoms with Gasteiger partial charge < -0.3 is 15.3 Å². The fourth-order valence-corrected chi connectivity index (χ4v) is 1.94. The van der Waals surface area contributed by atoms with E-state index in [0.717, 1.165) is 0 Å². The fraction of sp³-hybridized carbons (Fsp3) is 0.625. The number of aliphatic carboxylic acids is 3. The van der Waals surface area contributed by atoms with Gasteiger partial charge in [-0.2, -0.15) is 0 Å². The Bertz CT molecular complexity index is 264. The fourth-order valence-electron chi connectivity index (χ4n) is 0.880. The Morgan fingerprint density at radius 1 is 1.07 bits per heavy atom. The Morgan fingerprint density at radius 3 is 1.80 bits per heavy atom. The molecule has 0 amide bonds. The quantitative estimate of drug-likeness (QED) is 0.590. The van der Waals surface area contributed by atoms with Crippen molar-refractivity contribution in [1.82, 2.24) is 0 Å². The lowest BCUT2D eigenvalue weighted by Gasteiger charge is -2.14. The van der Waals surface area contributed by atoms with Crippen LogP contribution in [0, 0.1) is 0 Å². The van der Waals surface area contributed by atoms with E-state index in [0.29, 0.717) is 11.8 Å². The minimum absolute atomic E-state index is 0.253. The van der Waals surface area contributed by atoms with Crippen LogP contribution in [0.4, 0.5) is 0 Å². The molecule has 0 heterocycles. The Kier molecular flexibility index (Phi) is 5.76. The van der Waals surface area contributed by atoms with Gasteiger partial charge in [-0.1, -0.05) is 6.92 Å². The maximum Gasteiger partial charge on any atom is 0.317 e. The van der Waals surface area contributed by atoms with Gasteiger partial charge >= 0.3 is 17.9 Å². The first-order valence-corrected chi connectivity index (χ1v) is 5.15. The van der Waals surface area contributed by atoms with Gasteiger partial charge in [0.25, 0.3) is 0 Å². The molecule has 0 saturated carbocycles. The molecule has 0 fully saturated rings. The summed E-state index contributed by atoms with van der Waals surface area (Å²) < 4.78 is 0. The van der Waals surface area contributed by atoms with Crippen LogP contribution in [-0.2, 0) is 14.4 Å². The van der Waals surface area contributed by atoms with Crippen LogP contribution in [0.2, 0.25) is 0 Å². The van der Waals surface area contributed by atoms with E-state index in [-0.39, 0.29) is 6.42 Å². The van der Waals surface area contributed by atoms with E-state index in [9.17, 15) is 14.4 Å². The average molecular weight is 236 g/mol. The summed E-state index contributed by atoms with van der Waals surface area (Å²) in [6.45, 7) is 1.60. The zero-order chi connectivity index (χ0) is 12.0. The Labute approximate surface area is 90.3 Å². The van der Waals surface area contributed by atoms with E-state index in [1.807, 2.05) is 0 Å². The van der Waals surface area contributed by atoms with Crippen molar-refractivity contribution in [2.75, 3.05) is 0 Å². The van der Waals surface area contributed by atoms with Crippen molar-refractivity contribution in [3.05, 3.63) is 0 Å². The molecule has 0 aliphatic carbocycles. The Hall–Kier alpha value is -1.24. The van der Waals surface area contributed by atoms with Gasteiger partial charge in [0.05, 0.1) is 6.42 Å². The molecule has 0 aliphatic rings. The predicted octanol–water partition coefficient (Wildman–Crippen LogP) is 0.511. The highest BCUT2D eigenvalue weighted by Gasteiger charge is 2.28. The molecule has 3 N–H and O–H groups in total. The molecule has 15 heavy (non-hydrogen) atoms. The normalized spacial score (nSPS) is 14.2. The minimum Gasteiger partial charge on any atom is -0.481 e. The highest BCUT2D eigenvalue weighted by Crippen LogP contribution is 2.23. The van der Waals surface area contributed by atoms with Crippen molar-refractivity contribution in [2.45, 2.75) is 30.3 Å². The van der Waals surface area contributed by atoms with Gasteiger partial charge in [0, 0.05) is 0 Å². The van der Waals surface area contributed by atoms with Gasteiger partial charge in [0.15, 0.2) is 0 Å². The lowest BCUT2D eigenvalue weighted by Crippen LogP contribution is -2.26. The second-order valence-corrected chi connectivity index (χ2v) is 4.21. The molecule has 0 bridgehead atoms. The van der Waals surface area contributed by atoms with Crippen LogP contribution in [0.5, 0.6) is 0 Å². The molecule has 0 spiro atoms. The van der Waals surface area contributed by atoms with Crippen LogP contribution in [0.1, 0.15) is 19.8 Å². The van der Waals surface area contributed by atoms with Gasteiger partial charge in [-0.15, -0.1) is 11.8 Å². The molecule has 2 unspecified atom stereocenters. The number of rotatable bonds is 7. The van der Waals surface area contributed by atoms with Gasteiger partial charge in [-0.05, 0) is 6.42 Å². The smallest absolute Gasteiger partial charge is 0.317 e. The molecule has 6 nitrogen and oxygen atoms in total. The second kappa shape index (κ2) is 6.28. The monoisotopic (exact) mass is 236 g/mol. The highest BCUT2D eigenvalue weighted by molar-refractivity contribution is 8.01. The van der Waals surface area contributed by atoms with Crippen LogP contribution in [0.25, 0.3) is 0 Å². The lowest BCUT2D eigenvalue weighted by molar-refractivity contribution is -0.143. The summed E-state index contributed by atoms with van der Waals surface area (Å²) in [7, 11) is 0. The molecule has 0 radical (unpaired) electrons. The zero-order valence-electron chi connectivity index (χ0n) is 8.04. The molecule has 0 aromatic carbocycles. The summed E-state index contributed by atoms with van der Waals surface area (Å²) in [5.74, 6) is -3.68. The van der Waals surface area contributed by atoms with E-state index >= 15 is 0 Å². The van der Waals surface area contributed by atoms with E-state index in [1.54, 1.807) is 6.92 Å². The van der Waals surface area contributed by atoms with E-state index in [1.165, 1.54) is 0 Å². The summed E-state index contributed by atoms with van der Waals surface area (Å²) in [4.78, 5) is 31.6. The first-order valence-electron chi connectivity index (χ1n) is 4.21. The number of carbonyl (C=O) groups is 3. The summed E-state index contributed by atoms with van der Waals surface area (Å²) in [6, 6.07) is 0.